The summed E-state index contributed by atoms with van der Waals surface area (Å²) in [7, 11) is 0. The molecule has 0 aromatic heterocycles. The third-order valence-electron chi connectivity index (χ3n) is 3.54. The first kappa shape index (κ1) is 13.1. The summed E-state index contributed by atoms with van der Waals surface area (Å²) in [6.45, 7) is 7.58. The molecular weight excluding hydrogens is 226 g/mol. The summed E-state index contributed by atoms with van der Waals surface area (Å²) in [5.74, 6) is 0.115. The van der Waals surface area contributed by atoms with Gasteiger partial charge in [0.1, 0.15) is 0 Å². The summed E-state index contributed by atoms with van der Waals surface area (Å²) < 4.78 is 5.70. The van der Waals surface area contributed by atoms with Crippen LogP contribution in [0.15, 0.2) is 24.3 Å². The zero-order valence-corrected chi connectivity index (χ0v) is 11.3. The lowest BCUT2D eigenvalue weighted by Gasteiger charge is -2.40. The number of carbonyl (C=O) groups excluding carboxylic acids is 1. The highest BCUT2D eigenvalue weighted by atomic mass is 16.5. The van der Waals surface area contributed by atoms with E-state index in [2.05, 4.69) is 18.7 Å². The zero-order chi connectivity index (χ0) is 13.1. The van der Waals surface area contributed by atoms with E-state index in [4.69, 9.17) is 4.74 Å². The molecule has 0 N–H and O–H groups in total. The van der Waals surface area contributed by atoms with Crippen molar-refractivity contribution in [1.82, 2.24) is 0 Å². The quantitative estimate of drug-likeness (QED) is 0.769. The molecule has 1 saturated heterocycles. The molecule has 1 aliphatic rings. The fourth-order valence-corrected chi connectivity index (χ4v) is 2.39. The molecule has 0 amide bonds. The monoisotopic (exact) mass is 247 g/mol. The molecule has 98 valence electrons. The predicted octanol–water partition coefficient (Wildman–Crippen LogP) is 2.89. The molecule has 1 aromatic rings. The Kier molecular flexibility index (Phi) is 4.02. The van der Waals surface area contributed by atoms with E-state index in [1.807, 2.05) is 24.3 Å². The van der Waals surface area contributed by atoms with Crippen LogP contribution in [0.25, 0.3) is 0 Å². The Labute approximate surface area is 109 Å². The smallest absolute Gasteiger partial charge is 0.159 e. The molecule has 1 heterocycles. The maximum absolute atomic E-state index is 11.3. The third-order valence-corrected chi connectivity index (χ3v) is 3.54. The molecule has 0 aliphatic carbocycles. The van der Waals surface area contributed by atoms with Crippen LogP contribution in [0.1, 0.15) is 37.6 Å². The molecule has 0 saturated carbocycles. The Morgan fingerprint density at radius 2 is 2.06 bits per heavy atom. The molecule has 0 radical (unpaired) electrons. The van der Waals surface area contributed by atoms with Crippen molar-refractivity contribution in [2.45, 2.75) is 39.3 Å². The van der Waals surface area contributed by atoms with Crippen molar-refractivity contribution in [3.63, 3.8) is 0 Å². The minimum absolute atomic E-state index is 0.115. The maximum atomic E-state index is 11.3. The van der Waals surface area contributed by atoms with Gasteiger partial charge in [-0.2, -0.15) is 0 Å². The van der Waals surface area contributed by atoms with Gasteiger partial charge < -0.3 is 9.64 Å². The minimum Gasteiger partial charge on any atom is -0.375 e. The second-order valence-electron chi connectivity index (χ2n) is 4.96. The SMILES string of the molecule is CCC1COC(C)CN1c1ccc(C(C)=O)cc1. The highest BCUT2D eigenvalue weighted by molar-refractivity contribution is 5.94. The Balaban J connectivity index is 2.20. The molecule has 1 aliphatic heterocycles. The van der Waals surface area contributed by atoms with Crippen LogP contribution in [0.2, 0.25) is 0 Å². The highest BCUT2D eigenvalue weighted by Crippen LogP contribution is 2.23. The van der Waals surface area contributed by atoms with Crippen molar-refractivity contribution in [3.8, 4) is 0 Å². The number of anilines is 1. The van der Waals surface area contributed by atoms with Gasteiger partial charge in [0, 0.05) is 17.8 Å². The minimum atomic E-state index is 0.115. The van der Waals surface area contributed by atoms with Crippen molar-refractivity contribution in [1.29, 1.82) is 0 Å². The highest BCUT2D eigenvalue weighted by Gasteiger charge is 2.25. The van der Waals surface area contributed by atoms with E-state index >= 15 is 0 Å². The van der Waals surface area contributed by atoms with Gasteiger partial charge in [0.25, 0.3) is 0 Å². The molecule has 2 rings (SSSR count). The molecular formula is C15H21NO2. The largest absolute Gasteiger partial charge is 0.375 e. The van der Waals surface area contributed by atoms with Gasteiger partial charge in [-0.3, -0.25) is 4.79 Å². The fraction of sp³-hybridized carbons (Fsp3) is 0.533. The summed E-state index contributed by atoms with van der Waals surface area (Å²) in [5.41, 5.74) is 1.95. The van der Waals surface area contributed by atoms with Gasteiger partial charge in [-0.05, 0) is 44.5 Å². The van der Waals surface area contributed by atoms with Crippen molar-refractivity contribution in [2.75, 3.05) is 18.1 Å². The molecule has 18 heavy (non-hydrogen) atoms. The number of hydrogen-bond acceptors (Lipinski definition) is 3. The lowest BCUT2D eigenvalue weighted by molar-refractivity contribution is 0.0299. The van der Waals surface area contributed by atoms with Gasteiger partial charge in [-0.15, -0.1) is 0 Å². The standard InChI is InChI=1S/C15H21NO2/c1-4-14-10-18-11(2)9-16(14)15-7-5-13(6-8-15)12(3)17/h5-8,11,14H,4,9-10H2,1-3H3. The number of Topliss-reactive ketones (excluding diaryl/α,β-unsaturated/α-hetero) is 1. The molecule has 3 heteroatoms. The number of ether oxygens (including phenoxy) is 1. The van der Waals surface area contributed by atoms with Crippen molar-refractivity contribution in [2.24, 2.45) is 0 Å². The fourth-order valence-electron chi connectivity index (χ4n) is 2.39. The van der Waals surface area contributed by atoms with E-state index in [0.717, 1.165) is 25.1 Å². The van der Waals surface area contributed by atoms with Crippen molar-refractivity contribution < 1.29 is 9.53 Å². The van der Waals surface area contributed by atoms with Crippen LogP contribution in [0.4, 0.5) is 5.69 Å². The molecule has 0 spiro atoms. The van der Waals surface area contributed by atoms with Crippen LogP contribution in [0.5, 0.6) is 0 Å². The lowest BCUT2D eigenvalue weighted by Crippen LogP contribution is -2.48. The molecule has 0 bridgehead atoms. The van der Waals surface area contributed by atoms with Gasteiger partial charge >= 0.3 is 0 Å². The molecule has 1 fully saturated rings. The zero-order valence-electron chi connectivity index (χ0n) is 11.3. The summed E-state index contributed by atoms with van der Waals surface area (Å²) in [6.07, 6.45) is 1.33. The van der Waals surface area contributed by atoms with Crippen LogP contribution in [-0.4, -0.2) is 31.1 Å². The summed E-state index contributed by atoms with van der Waals surface area (Å²) in [5, 5.41) is 0. The van der Waals surface area contributed by atoms with Gasteiger partial charge in [-0.1, -0.05) is 6.92 Å². The van der Waals surface area contributed by atoms with Crippen LogP contribution < -0.4 is 4.90 Å². The number of rotatable bonds is 3. The van der Waals surface area contributed by atoms with Crippen LogP contribution in [0, 0.1) is 0 Å². The van der Waals surface area contributed by atoms with E-state index in [1.165, 1.54) is 5.69 Å². The first-order valence-corrected chi connectivity index (χ1v) is 6.61. The van der Waals surface area contributed by atoms with Gasteiger partial charge in [0.2, 0.25) is 0 Å². The van der Waals surface area contributed by atoms with Gasteiger partial charge in [0.05, 0.1) is 18.8 Å². The summed E-state index contributed by atoms with van der Waals surface area (Å²) in [6, 6.07) is 8.33. The van der Waals surface area contributed by atoms with Crippen LogP contribution in [0.3, 0.4) is 0 Å². The number of benzene rings is 1. The Bertz CT molecular complexity index is 413. The summed E-state index contributed by atoms with van der Waals surface area (Å²) in [4.78, 5) is 13.7. The summed E-state index contributed by atoms with van der Waals surface area (Å²) >= 11 is 0. The molecule has 3 nitrogen and oxygen atoms in total. The number of hydrogen-bond donors (Lipinski definition) is 0. The first-order valence-electron chi connectivity index (χ1n) is 6.61. The molecule has 1 aromatic carbocycles. The second kappa shape index (κ2) is 5.53. The lowest BCUT2D eigenvalue weighted by atomic mass is 10.1. The molecule has 2 atom stereocenters. The number of nitrogens with zero attached hydrogens (tertiary/aromatic N) is 1. The number of morpholine rings is 1. The normalized spacial score (nSPS) is 24.1. The van der Waals surface area contributed by atoms with Crippen LogP contribution >= 0.6 is 0 Å². The van der Waals surface area contributed by atoms with E-state index < -0.39 is 0 Å². The van der Waals surface area contributed by atoms with Crippen molar-refractivity contribution in [3.05, 3.63) is 29.8 Å². The van der Waals surface area contributed by atoms with E-state index in [-0.39, 0.29) is 11.9 Å². The van der Waals surface area contributed by atoms with Crippen LogP contribution in [-0.2, 0) is 4.74 Å². The Hall–Kier alpha value is -1.35. The first-order chi connectivity index (χ1) is 8.61. The van der Waals surface area contributed by atoms with Crippen molar-refractivity contribution >= 4 is 11.5 Å². The average molecular weight is 247 g/mol. The molecule has 2 unspecified atom stereocenters. The third kappa shape index (κ3) is 2.72. The Morgan fingerprint density at radius 1 is 1.39 bits per heavy atom. The van der Waals surface area contributed by atoms with Gasteiger partial charge in [-0.25, -0.2) is 0 Å². The van der Waals surface area contributed by atoms with E-state index in [0.29, 0.717) is 6.04 Å². The number of ketones is 1. The maximum Gasteiger partial charge on any atom is 0.159 e. The van der Waals surface area contributed by atoms with E-state index in [1.54, 1.807) is 6.92 Å². The van der Waals surface area contributed by atoms with Gasteiger partial charge in [0.15, 0.2) is 5.78 Å². The predicted molar refractivity (Wildman–Crippen MR) is 73.3 cm³/mol. The Morgan fingerprint density at radius 3 is 2.61 bits per heavy atom. The average Bonchev–Trinajstić information content (AvgIpc) is 2.39. The number of carbonyl (C=O) groups is 1. The second-order valence-corrected chi connectivity index (χ2v) is 4.96. The van der Waals surface area contributed by atoms with E-state index in [9.17, 15) is 4.79 Å². The topological polar surface area (TPSA) is 29.5 Å².